The van der Waals surface area contributed by atoms with Gasteiger partial charge in [0, 0.05) is 23.5 Å². The van der Waals surface area contributed by atoms with E-state index in [1.165, 1.54) is 16.7 Å². The summed E-state index contributed by atoms with van der Waals surface area (Å²) < 4.78 is 2.07. The number of aliphatic hydroxyl groups excluding tert-OH is 1. The first-order valence-corrected chi connectivity index (χ1v) is 8.96. The maximum atomic E-state index is 12.2. The molecule has 0 spiro atoms. The van der Waals surface area contributed by atoms with Crippen LogP contribution in [0, 0.1) is 5.92 Å². The molecule has 0 saturated carbocycles. The molecule has 4 atom stereocenters. The van der Waals surface area contributed by atoms with Crippen LogP contribution in [0.2, 0.25) is 0 Å². The number of hydrogen-bond acceptors (Lipinski definition) is 4. The van der Waals surface area contributed by atoms with Crippen LogP contribution in [0.3, 0.4) is 0 Å². The van der Waals surface area contributed by atoms with E-state index in [2.05, 4.69) is 11.5 Å². The smallest absolute Gasteiger partial charge is 0.353 e. The molecule has 0 radical (unpaired) electrons. The summed E-state index contributed by atoms with van der Waals surface area (Å²) in [6, 6.07) is 5.85. The topological polar surface area (TPSA) is 81.7 Å². The van der Waals surface area contributed by atoms with Crippen molar-refractivity contribution in [3.8, 4) is 0 Å². The van der Waals surface area contributed by atoms with E-state index in [9.17, 15) is 19.8 Å². The standard InChI is InChI=1S/C17H20N2O4S/c1-10(18-6-4-3-5-7-18)9-24-13-8-12-14(11(2)20)16(21)19(12)15(13)17(22)23/h3-7,10-12,14,20H,8-9H2,1-2H3/p+1. The Kier molecular flexibility index (Phi) is 4.64. The molecule has 1 amide bonds. The Morgan fingerprint density at radius 2 is 2.04 bits per heavy atom. The fraction of sp³-hybridized carbons (Fsp3) is 0.471. The van der Waals surface area contributed by atoms with Crippen molar-refractivity contribution in [2.45, 2.75) is 38.5 Å². The van der Waals surface area contributed by atoms with Gasteiger partial charge in [-0.25, -0.2) is 9.36 Å². The molecular formula is C17H21N2O4S+. The Balaban J connectivity index is 1.73. The maximum absolute atomic E-state index is 12.2. The van der Waals surface area contributed by atoms with E-state index in [4.69, 9.17) is 0 Å². The number of aromatic nitrogens is 1. The third kappa shape index (κ3) is 2.82. The van der Waals surface area contributed by atoms with Crippen molar-refractivity contribution in [1.82, 2.24) is 4.90 Å². The summed E-state index contributed by atoms with van der Waals surface area (Å²) in [5.74, 6) is -1.13. The molecule has 2 N–H and O–H groups in total. The first kappa shape index (κ1) is 17.0. The van der Waals surface area contributed by atoms with Gasteiger partial charge >= 0.3 is 5.97 Å². The lowest BCUT2D eigenvalue weighted by atomic mass is 9.83. The van der Waals surface area contributed by atoms with Crippen LogP contribution in [0.5, 0.6) is 0 Å². The highest BCUT2D eigenvalue weighted by molar-refractivity contribution is 8.03. The Hall–Kier alpha value is -1.86. The zero-order chi connectivity index (χ0) is 17.4. The lowest BCUT2D eigenvalue weighted by molar-refractivity contribution is -0.715. The first-order valence-electron chi connectivity index (χ1n) is 7.98. The highest BCUT2D eigenvalue weighted by Crippen LogP contribution is 2.47. The third-order valence-corrected chi connectivity index (χ3v) is 5.99. The molecule has 7 heteroatoms. The number of rotatable bonds is 6. The van der Waals surface area contributed by atoms with Crippen LogP contribution in [0.15, 0.2) is 41.2 Å². The molecular weight excluding hydrogens is 328 g/mol. The van der Waals surface area contributed by atoms with Gasteiger partial charge in [-0.2, -0.15) is 0 Å². The average Bonchev–Trinajstić information content (AvgIpc) is 2.87. The van der Waals surface area contributed by atoms with Gasteiger partial charge in [0.15, 0.2) is 18.4 Å². The van der Waals surface area contributed by atoms with Crippen molar-refractivity contribution in [2.24, 2.45) is 5.92 Å². The van der Waals surface area contributed by atoms with E-state index >= 15 is 0 Å². The SMILES string of the molecule is CC(O)C1C(=O)N2C(C(=O)O)=C(SCC(C)[n+]3ccccc3)CC12. The molecule has 0 aromatic carbocycles. The van der Waals surface area contributed by atoms with Crippen molar-refractivity contribution < 1.29 is 24.4 Å². The fourth-order valence-corrected chi connectivity index (χ4v) is 4.60. The van der Waals surface area contributed by atoms with E-state index < -0.39 is 18.0 Å². The minimum Gasteiger partial charge on any atom is -0.477 e. The van der Waals surface area contributed by atoms with Crippen LogP contribution in [-0.2, 0) is 9.59 Å². The summed E-state index contributed by atoms with van der Waals surface area (Å²) in [4.78, 5) is 25.8. The highest BCUT2D eigenvalue weighted by atomic mass is 32.2. The van der Waals surface area contributed by atoms with Gasteiger partial charge in [-0.3, -0.25) is 4.79 Å². The van der Waals surface area contributed by atoms with E-state index in [1.807, 2.05) is 30.6 Å². The van der Waals surface area contributed by atoms with Crippen molar-refractivity contribution in [3.63, 3.8) is 0 Å². The summed E-state index contributed by atoms with van der Waals surface area (Å²) in [6.45, 7) is 3.65. The zero-order valence-corrected chi connectivity index (χ0v) is 14.4. The van der Waals surface area contributed by atoms with Crippen molar-refractivity contribution in [3.05, 3.63) is 41.2 Å². The van der Waals surface area contributed by atoms with Crippen LogP contribution in [0.4, 0.5) is 0 Å². The monoisotopic (exact) mass is 349 g/mol. The van der Waals surface area contributed by atoms with Gasteiger partial charge in [-0.1, -0.05) is 6.07 Å². The Labute approximate surface area is 144 Å². The van der Waals surface area contributed by atoms with Gasteiger partial charge in [0.1, 0.15) is 5.70 Å². The second-order valence-electron chi connectivity index (χ2n) is 6.31. The number of carboxylic acid groups (broad SMARTS) is 1. The molecule has 6 nitrogen and oxygen atoms in total. The molecule has 1 fully saturated rings. The number of thioether (sulfide) groups is 1. The number of amides is 1. The molecule has 3 rings (SSSR count). The van der Waals surface area contributed by atoms with Crippen LogP contribution < -0.4 is 4.57 Å². The number of nitrogens with zero attached hydrogens (tertiary/aromatic N) is 2. The Morgan fingerprint density at radius 3 is 2.62 bits per heavy atom. The predicted molar refractivity (Wildman–Crippen MR) is 88.9 cm³/mol. The van der Waals surface area contributed by atoms with Crippen LogP contribution in [0.1, 0.15) is 26.3 Å². The minimum atomic E-state index is -1.07. The lowest BCUT2D eigenvalue weighted by Crippen LogP contribution is -2.61. The summed E-state index contributed by atoms with van der Waals surface area (Å²) >= 11 is 1.49. The molecule has 0 bridgehead atoms. The largest absolute Gasteiger partial charge is 0.477 e. The third-order valence-electron chi connectivity index (χ3n) is 4.64. The fourth-order valence-electron chi connectivity index (χ4n) is 3.37. The normalized spacial score (nSPS) is 25.3. The number of pyridine rings is 1. The Bertz CT molecular complexity index is 689. The quantitative estimate of drug-likeness (QED) is 0.595. The van der Waals surface area contributed by atoms with Crippen LogP contribution in [0.25, 0.3) is 0 Å². The first-order chi connectivity index (χ1) is 11.4. The van der Waals surface area contributed by atoms with E-state index in [0.717, 1.165) is 10.7 Å². The predicted octanol–water partition coefficient (Wildman–Crippen LogP) is 1.18. The minimum absolute atomic E-state index is 0.0946. The molecule has 0 aliphatic carbocycles. The van der Waals surface area contributed by atoms with Gasteiger partial charge in [0.05, 0.1) is 23.8 Å². The number of β-lactam (4-membered cyclic amide) rings is 1. The zero-order valence-electron chi connectivity index (χ0n) is 13.6. The molecule has 3 heterocycles. The van der Waals surface area contributed by atoms with E-state index in [-0.39, 0.29) is 23.7 Å². The molecule has 4 unspecified atom stereocenters. The lowest BCUT2D eigenvalue weighted by Gasteiger charge is -2.44. The summed E-state index contributed by atoms with van der Waals surface area (Å²) in [5, 5.41) is 19.2. The molecule has 1 saturated heterocycles. The van der Waals surface area contributed by atoms with Crippen molar-refractivity contribution in [1.29, 1.82) is 0 Å². The molecule has 128 valence electrons. The average molecular weight is 349 g/mol. The maximum Gasteiger partial charge on any atom is 0.353 e. The molecule has 2 aliphatic rings. The van der Waals surface area contributed by atoms with Gasteiger partial charge in [-0.15, -0.1) is 11.8 Å². The molecule has 1 aromatic rings. The van der Waals surface area contributed by atoms with Gasteiger partial charge < -0.3 is 15.1 Å². The van der Waals surface area contributed by atoms with Gasteiger partial charge in [0.2, 0.25) is 5.91 Å². The van der Waals surface area contributed by atoms with Gasteiger partial charge in [0.25, 0.3) is 0 Å². The highest BCUT2D eigenvalue weighted by Gasteiger charge is 2.56. The molecule has 2 aliphatic heterocycles. The van der Waals surface area contributed by atoms with E-state index in [0.29, 0.717) is 6.42 Å². The number of carbonyl (C=O) groups excluding carboxylic acids is 1. The number of carbonyl (C=O) groups is 2. The van der Waals surface area contributed by atoms with Crippen LogP contribution >= 0.6 is 11.8 Å². The second-order valence-corrected chi connectivity index (χ2v) is 7.42. The van der Waals surface area contributed by atoms with E-state index in [1.54, 1.807) is 6.92 Å². The Morgan fingerprint density at radius 1 is 1.38 bits per heavy atom. The number of fused-ring (bicyclic) bond motifs is 1. The number of hydrogen-bond donors (Lipinski definition) is 2. The number of aliphatic carboxylic acids is 1. The summed E-state index contributed by atoms with van der Waals surface area (Å²) in [5.41, 5.74) is 0.0946. The second kappa shape index (κ2) is 6.57. The van der Waals surface area contributed by atoms with Gasteiger partial charge in [-0.05, 0) is 13.8 Å². The molecule has 24 heavy (non-hydrogen) atoms. The van der Waals surface area contributed by atoms with Crippen molar-refractivity contribution >= 4 is 23.6 Å². The van der Waals surface area contributed by atoms with Crippen molar-refractivity contribution in [2.75, 3.05) is 5.75 Å². The summed E-state index contributed by atoms with van der Waals surface area (Å²) in [7, 11) is 0. The van der Waals surface area contributed by atoms with Crippen LogP contribution in [-0.4, -0.2) is 44.9 Å². The summed E-state index contributed by atoms with van der Waals surface area (Å²) in [6.07, 6.45) is 3.72. The number of carboxylic acids is 1. The number of aliphatic hydroxyl groups is 1. The molecule has 1 aromatic heterocycles.